The Bertz CT molecular complexity index is 875. The largest absolute Gasteiger partial charge is 0.326 e. The third kappa shape index (κ3) is 5.06. The molecule has 140 valence electrons. The summed E-state index contributed by atoms with van der Waals surface area (Å²) in [5.41, 5.74) is 1.97. The van der Waals surface area contributed by atoms with Gasteiger partial charge in [-0.1, -0.05) is 55.2 Å². The summed E-state index contributed by atoms with van der Waals surface area (Å²) in [6.45, 7) is 2.51. The fourth-order valence-corrected chi connectivity index (χ4v) is 4.79. The second kappa shape index (κ2) is 9.30. The zero-order valence-electron chi connectivity index (χ0n) is 14.9. The average molecular weight is 417 g/mol. The molecule has 2 amide bonds. The molecule has 3 rings (SSSR count). The van der Waals surface area contributed by atoms with Crippen LogP contribution in [0.5, 0.6) is 0 Å². The Hall–Kier alpha value is -1.96. The van der Waals surface area contributed by atoms with E-state index in [2.05, 4.69) is 12.2 Å². The highest BCUT2D eigenvalue weighted by Gasteiger charge is 2.31. The highest BCUT2D eigenvalue weighted by molar-refractivity contribution is 8.26. The van der Waals surface area contributed by atoms with Gasteiger partial charge >= 0.3 is 0 Å². The molecule has 0 radical (unpaired) electrons. The standard InChI is InChI=1S/C20H20N2O2S3/c1-2-14-7-3-4-9-16(14)21-18(23)10-5-11-22-19(24)17(27-20(22)25)13-15-8-6-12-26-15/h3-4,6-9,12-13H,2,5,10-11H2,1H3,(H,21,23)/b17-13+. The molecule has 0 atom stereocenters. The van der Waals surface area contributed by atoms with Crippen LogP contribution in [-0.4, -0.2) is 27.6 Å². The van der Waals surface area contributed by atoms with Gasteiger partial charge in [0.15, 0.2) is 0 Å². The van der Waals surface area contributed by atoms with Gasteiger partial charge in [0.1, 0.15) is 4.32 Å². The van der Waals surface area contributed by atoms with Crippen molar-refractivity contribution in [2.45, 2.75) is 26.2 Å². The molecular weight excluding hydrogens is 396 g/mol. The van der Waals surface area contributed by atoms with E-state index in [1.54, 1.807) is 16.2 Å². The third-order valence-corrected chi connectivity index (χ3v) is 6.35. The summed E-state index contributed by atoms with van der Waals surface area (Å²) < 4.78 is 0.555. The number of thiophene rings is 1. The minimum Gasteiger partial charge on any atom is -0.326 e. The van der Waals surface area contributed by atoms with E-state index in [4.69, 9.17) is 12.2 Å². The predicted octanol–water partition coefficient (Wildman–Crippen LogP) is 4.93. The molecule has 1 aliphatic rings. The molecule has 7 heteroatoms. The fraction of sp³-hybridized carbons (Fsp3) is 0.250. The molecule has 1 aliphatic heterocycles. The van der Waals surface area contributed by atoms with Crippen molar-refractivity contribution in [3.05, 3.63) is 57.1 Å². The van der Waals surface area contributed by atoms with Crippen LogP contribution in [-0.2, 0) is 16.0 Å². The lowest BCUT2D eigenvalue weighted by Crippen LogP contribution is -2.29. The summed E-state index contributed by atoms with van der Waals surface area (Å²) in [5.74, 6) is -0.120. The van der Waals surface area contributed by atoms with E-state index in [9.17, 15) is 9.59 Å². The van der Waals surface area contributed by atoms with E-state index in [0.29, 0.717) is 28.6 Å². The first-order valence-corrected chi connectivity index (χ1v) is 10.9. The number of benzene rings is 1. The van der Waals surface area contributed by atoms with Gasteiger partial charge in [0.25, 0.3) is 5.91 Å². The topological polar surface area (TPSA) is 49.4 Å². The average Bonchev–Trinajstić information content (AvgIpc) is 3.26. The van der Waals surface area contributed by atoms with Crippen molar-refractivity contribution in [1.82, 2.24) is 4.90 Å². The Morgan fingerprint density at radius 2 is 2.07 bits per heavy atom. The van der Waals surface area contributed by atoms with Gasteiger partial charge < -0.3 is 5.32 Å². The quantitative estimate of drug-likeness (QED) is 0.514. The van der Waals surface area contributed by atoms with Gasteiger partial charge in [0.2, 0.25) is 5.91 Å². The van der Waals surface area contributed by atoms with Crippen molar-refractivity contribution in [2.24, 2.45) is 0 Å². The molecule has 0 unspecified atom stereocenters. The van der Waals surface area contributed by atoms with Crippen molar-refractivity contribution in [3.8, 4) is 0 Å². The molecule has 1 saturated heterocycles. The van der Waals surface area contributed by atoms with Crippen molar-refractivity contribution >= 4 is 63.2 Å². The van der Waals surface area contributed by atoms with Crippen LogP contribution in [0.3, 0.4) is 0 Å². The number of hydrogen-bond acceptors (Lipinski definition) is 5. The van der Waals surface area contributed by atoms with Crippen molar-refractivity contribution in [2.75, 3.05) is 11.9 Å². The van der Waals surface area contributed by atoms with Crippen LogP contribution >= 0.6 is 35.3 Å². The maximum atomic E-state index is 12.5. The number of thiocarbonyl (C=S) groups is 1. The second-order valence-corrected chi connectivity index (χ2v) is 8.67. The van der Waals surface area contributed by atoms with Crippen LogP contribution in [0.1, 0.15) is 30.2 Å². The molecule has 0 spiro atoms. The number of aryl methyl sites for hydroxylation is 1. The number of anilines is 1. The second-order valence-electron chi connectivity index (χ2n) is 6.01. The van der Waals surface area contributed by atoms with E-state index >= 15 is 0 Å². The maximum Gasteiger partial charge on any atom is 0.266 e. The molecule has 27 heavy (non-hydrogen) atoms. The van der Waals surface area contributed by atoms with Gasteiger partial charge in [-0.15, -0.1) is 11.3 Å². The summed E-state index contributed by atoms with van der Waals surface area (Å²) >= 11 is 8.24. The fourth-order valence-electron chi connectivity index (χ4n) is 2.76. The van der Waals surface area contributed by atoms with Crippen LogP contribution in [0.4, 0.5) is 5.69 Å². The van der Waals surface area contributed by atoms with E-state index in [1.165, 1.54) is 11.8 Å². The number of para-hydroxylation sites is 1. The molecule has 1 fully saturated rings. The zero-order chi connectivity index (χ0) is 19.2. The number of carbonyl (C=O) groups excluding carboxylic acids is 2. The Labute approximate surface area is 172 Å². The van der Waals surface area contributed by atoms with Crippen molar-refractivity contribution in [1.29, 1.82) is 0 Å². The number of nitrogens with zero attached hydrogens (tertiary/aromatic N) is 1. The Morgan fingerprint density at radius 3 is 2.81 bits per heavy atom. The van der Waals surface area contributed by atoms with Gasteiger partial charge in [-0.05, 0) is 42.0 Å². The van der Waals surface area contributed by atoms with Crippen molar-refractivity contribution in [3.63, 3.8) is 0 Å². The highest BCUT2D eigenvalue weighted by atomic mass is 32.2. The molecular formula is C20H20N2O2S3. The number of rotatable bonds is 7. The van der Waals surface area contributed by atoms with Crippen LogP contribution in [0.25, 0.3) is 6.08 Å². The van der Waals surface area contributed by atoms with Gasteiger partial charge in [-0.25, -0.2) is 0 Å². The van der Waals surface area contributed by atoms with Crippen LogP contribution in [0.2, 0.25) is 0 Å². The molecule has 1 aromatic heterocycles. The normalized spacial score (nSPS) is 15.6. The molecule has 0 aliphatic carbocycles. The summed E-state index contributed by atoms with van der Waals surface area (Å²) in [6, 6.07) is 11.7. The Balaban J connectivity index is 1.52. The van der Waals surface area contributed by atoms with E-state index in [0.717, 1.165) is 22.5 Å². The van der Waals surface area contributed by atoms with Crippen molar-refractivity contribution < 1.29 is 9.59 Å². The minimum atomic E-state index is -0.0739. The first kappa shape index (κ1) is 19.8. The lowest BCUT2D eigenvalue weighted by molar-refractivity contribution is -0.122. The van der Waals surface area contributed by atoms with Gasteiger partial charge in [0, 0.05) is 23.5 Å². The number of amides is 2. The van der Waals surface area contributed by atoms with Crippen LogP contribution in [0, 0.1) is 0 Å². The van der Waals surface area contributed by atoms with Gasteiger partial charge in [0.05, 0.1) is 4.91 Å². The van der Waals surface area contributed by atoms with Gasteiger partial charge in [-0.2, -0.15) is 0 Å². The lowest BCUT2D eigenvalue weighted by Gasteiger charge is -2.14. The molecule has 1 aromatic carbocycles. The highest BCUT2D eigenvalue weighted by Crippen LogP contribution is 2.33. The smallest absolute Gasteiger partial charge is 0.266 e. The third-order valence-electron chi connectivity index (χ3n) is 4.15. The lowest BCUT2D eigenvalue weighted by atomic mass is 10.1. The molecule has 4 nitrogen and oxygen atoms in total. The molecule has 2 aromatic rings. The zero-order valence-corrected chi connectivity index (χ0v) is 17.4. The Kier molecular flexibility index (Phi) is 6.82. The Morgan fingerprint density at radius 1 is 1.26 bits per heavy atom. The number of hydrogen-bond donors (Lipinski definition) is 1. The monoisotopic (exact) mass is 416 g/mol. The van der Waals surface area contributed by atoms with Crippen LogP contribution < -0.4 is 5.32 Å². The SMILES string of the molecule is CCc1ccccc1NC(=O)CCCN1C(=O)/C(=C\c2cccs2)SC1=S. The number of carbonyl (C=O) groups is 2. The van der Waals surface area contributed by atoms with E-state index in [1.807, 2.05) is 47.9 Å². The number of nitrogens with one attached hydrogen (secondary N) is 1. The first-order chi connectivity index (χ1) is 13.1. The molecule has 1 N–H and O–H groups in total. The maximum absolute atomic E-state index is 12.5. The molecule has 2 heterocycles. The van der Waals surface area contributed by atoms with E-state index in [-0.39, 0.29) is 11.8 Å². The summed E-state index contributed by atoms with van der Waals surface area (Å²) in [7, 11) is 0. The molecule has 0 bridgehead atoms. The van der Waals surface area contributed by atoms with Gasteiger partial charge in [-0.3, -0.25) is 14.5 Å². The van der Waals surface area contributed by atoms with Crippen LogP contribution in [0.15, 0.2) is 46.7 Å². The summed E-state index contributed by atoms with van der Waals surface area (Å²) in [5, 5.41) is 4.93. The van der Waals surface area contributed by atoms with E-state index < -0.39 is 0 Å². The minimum absolute atomic E-state index is 0.0459. The predicted molar refractivity (Wildman–Crippen MR) is 118 cm³/mol. The molecule has 0 saturated carbocycles. The first-order valence-electron chi connectivity index (χ1n) is 8.75. The summed E-state index contributed by atoms with van der Waals surface area (Å²) in [6.07, 6.45) is 3.65. The number of thioether (sulfide) groups is 1. The summed E-state index contributed by atoms with van der Waals surface area (Å²) in [4.78, 5) is 28.0.